The van der Waals surface area contributed by atoms with E-state index >= 15 is 0 Å². The summed E-state index contributed by atoms with van der Waals surface area (Å²) >= 11 is 0. The van der Waals surface area contributed by atoms with Crippen LogP contribution in [0.4, 0.5) is 9.59 Å². The number of piperidine rings is 1. The summed E-state index contributed by atoms with van der Waals surface area (Å²) in [6.07, 6.45) is 3.99. The molecule has 1 unspecified atom stereocenters. The lowest BCUT2D eigenvalue weighted by Crippen LogP contribution is -2.63. The van der Waals surface area contributed by atoms with E-state index in [1.54, 1.807) is 21.7 Å². The third-order valence-electron chi connectivity index (χ3n) is 10.5. The SMILES string of the molecule is C=CCNC(=O)C(=O)C(CCCC)NC(=O)[C@@H]1[C@@H]2[C@H](CN1C(=O)[C@@H](NC(=O)N[C@H](CN1CCCN(C)C1=O)C(C)(C)C)C(C)(C)C)C2(C)C. The van der Waals surface area contributed by atoms with Gasteiger partial charge in [0.15, 0.2) is 0 Å². The summed E-state index contributed by atoms with van der Waals surface area (Å²) in [5.41, 5.74) is -1.30. The van der Waals surface area contributed by atoms with Gasteiger partial charge in [0.25, 0.3) is 5.91 Å². The van der Waals surface area contributed by atoms with Crippen molar-refractivity contribution in [2.45, 2.75) is 112 Å². The molecule has 3 rings (SSSR count). The van der Waals surface area contributed by atoms with E-state index < -0.39 is 58.6 Å². The molecule has 0 aromatic carbocycles. The fourth-order valence-electron chi connectivity index (χ4n) is 7.16. The Morgan fingerprint density at radius 2 is 1.65 bits per heavy atom. The van der Waals surface area contributed by atoms with Crippen molar-refractivity contribution >= 4 is 35.6 Å². The zero-order chi connectivity index (χ0) is 37.1. The normalized spacial score (nSPS) is 23.5. The Hall–Kier alpha value is -3.64. The third-order valence-corrected chi connectivity index (χ3v) is 10.5. The van der Waals surface area contributed by atoms with Crippen LogP contribution in [0.25, 0.3) is 0 Å². The molecular formula is C36H61N7O6. The second kappa shape index (κ2) is 15.5. The number of Topliss-reactive ketones (excluding diaryl/α,β-unsaturated/α-hetero) is 1. The summed E-state index contributed by atoms with van der Waals surface area (Å²) in [5.74, 6) is -2.44. The molecule has 0 bridgehead atoms. The molecule has 13 heteroatoms. The number of rotatable bonds is 14. The minimum absolute atomic E-state index is 0.0767. The average molecular weight is 688 g/mol. The lowest BCUT2D eigenvalue weighted by molar-refractivity contribution is -0.145. The number of urea groups is 2. The molecule has 2 aliphatic heterocycles. The number of likely N-dealkylation sites (tertiary alicyclic amines) is 1. The van der Waals surface area contributed by atoms with E-state index in [-0.39, 0.29) is 35.7 Å². The van der Waals surface area contributed by atoms with Crippen LogP contribution in [0.15, 0.2) is 12.7 Å². The van der Waals surface area contributed by atoms with Gasteiger partial charge in [-0.1, -0.05) is 81.2 Å². The zero-order valence-electron chi connectivity index (χ0n) is 31.4. The topological polar surface area (TPSA) is 160 Å². The maximum atomic E-state index is 14.4. The van der Waals surface area contributed by atoms with Gasteiger partial charge >= 0.3 is 12.1 Å². The van der Waals surface area contributed by atoms with Gasteiger partial charge in [-0.25, -0.2) is 9.59 Å². The Labute approximate surface area is 292 Å². The van der Waals surface area contributed by atoms with Gasteiger partial charge in [-0.2, -0.15) is 0 Å². The Kier molecular flexibility index (Phi) is 12.6. The minimum Gasteiger partial charge on any atom is -0.346 e. The van der Waals surface area contributed by atoms with Crippen LogP contribution in [0.3, 0.4) is 0 Å². The first-order valence-corrected chi connectivity index (χ1v) is 17.8. The van der Waals surface area contributed by atoms with Crippen molar-refractivity contribution in [1.29, 1.82) is 0 Å². The van der Waals surface area contributed by atoms with Gasteiger partial charge in [0.05, 0.1) is 12.1 Å². The fraction of sp³-hybridized carbons (Fsp3) is 0.778. The van der Waals surface area contributed by atoms with Crippen LogP contribution in [0, 0.1) is 28.1 Å². The first-order chi connectivity index (χ1) is 22.7. The summed E-state index contributed by atoms with van der Waals surface area (Å²) < 4.78 is 0. The van der Waals surface area contributed by atoms with E-state index in [0.717, 1.165) is 12.8 Å². The molecule has 0 aromatic heterocycles. The van der Waals surface area contributed by atoms with Crippen LogP contribution in [-0.4, -0.2) is 114 Å². The number of unbranched alkanes of at least 4 members (excludes halogenated alkanes) is 1. The zero-order valence-corrected chi connectivity index (χ0v) is 31.4. The second-order valence-electron chi connectivity index (χ2n) is 16.8. The van der Waals surface area contributed by atoms with Crippen LogP contribution in [-0.2, 0) is 19.2 Å². The van der Waals surface area contributed by atoms with Crippen LogP contribution in [0.1, 0.15) is 88.0 Å². The first-order valence-electron chi connectivity index (χ1n) is 17.8. The first kappa shape index (κ1) is 39.8. The largest absolute Gasteiger partial charge is 0.346 e. The highest BCUT2D eigenvalue weighted by Crippen LogP contribution is 2.65. The number of nitrogens with zero attached hydrogens (tertiary/aromatic N) is 3. The molecule has 1 saturated carbocycles. The van der Waals surface area contributed by atoms with Gasteiger partial charge < -0.3 is 36.0 Å². The third kappa shape index (κ3) is 9.33. The van der Waals surface area contributed by atoms with Crippen LogP contribution in [0.5, 0.6) is 0 Å². The van der Waals surface area contributed by atoms with Crippen molar-refractivity contribution in [3.8, 4) is 0 Å². The molecule has 4 N–H and O–H groups in total. The highest BCUT2D eigenvalue weighted by molar-refractivity contribution is 6.38. The summed E-state index contributed by atoms with van der Waals surface area (Å²) in [7, 11) is 1.77. The van der Waals surface area contributed by atoms with Crippen LogP contribution in [0.2, 0.25) is 0 Å². The molecule has 3 fully saturated rings. The number of carbonyl (C=O) groups is 6. The minimum atomic E-state index is -1.03. The van der Waals surface area contributed by atoms with E-state index in [1.807, 2.05) is 48.5 Å². The van der Waals surface area contributed by atoms with Crippen LogP contribution >= 0.6 is 0 Å². The molecule has 13 nitrogen and oxygen atoms in total. The number of fused-ring (bicyclic) bond motifs is 1. The summed E-state index contributed by atoms with van der Waals surface area (Å²) in [6, 6.07) is -3.89. The van der Waals surface area contributed by atoms with Crippen molar-refractivity contribution in [3.63, 3.8) is 0 Å². The summed E-state index contributed by atoms with van der Waals surface area (Å²) in [5, 5.41) is 11.3. The van der Waals surface area contributed by atoms with E-state index in [4.69, 9.17) is 0 Å². The molecule has 0 aromatic rings. The number of nitrogens with one attached hydrogen (secondary N) is 4. The Balaban J connectivity index is 1.82. The van der Waals surface area contributed by atoms with Crippen LogP contribution < -0.4 is 21.3 Å². The van der Waals surface area contributed by atoms with Crippen molar-refractivity contribution in [2.24, 2.45) is 28.1 Å². The van der Waals surface area contributed by atoms with Crippen molar-refractivity contribution in [2.75, 3.05) is 39.8 Å². The molecule has 49 heavy (non-hydrogen) atoms. The molecule has 3 aliphatic rings. The quantitative estimate of drug-likeness (QED) is 0.162. The highest BCUT2D eigenvalue weighted by Gasteiger charge is 2.70. The fourth-order valence-corrected chi connectivity index (χ4v) is 7.16. The number of hydrogen-bond acceptors (Lipinski definition) is 6. The number of carbonyl (C=O) groups excluding carboxylic acids is 6. The monoisotopic (exact) mass is 687 g/mol. The van der Waals surface area contributed by atoms with E-state index in [2.05, 4.69) is 41.7 Å². The number of hydrogen-bond donors (Lipinski definition) is 4. The maximum Gasteiger partial charge on any atom is 0.319 e. The number of amides is 7. The van der Waals surface area contributed by atoms with Gasteiger partial charge in [-0.15, -0.1) is 6.58 Å². The van der Waals surface area contributed by atoms with Gasteiger partial charge in [0, 0.05) is 39.8 Å². The molecule has 0 spiro atoms. The molecule has 276 valence electrons. The molecule has 2 heterocycles. The standard InChI is InChI=1S/C36H61N7O6/c1-12-14-16-23(27(44)30(46)37-17-13-2)38-29(45)26-25-22(36(25,9)10)20-43(26)31(47)28(35(6,7)8)40-32(48)39-24(34(3,4)5)21-42-19-15-18-41(11)33(42)49/h13,22-26,28H,2,12,14-21H2,1,3-11H3,(H,37,46)(H,38,45)(H2,39,40,48)/t22-,23?,24+,25-,26-,28+/m0/s1. The number of ketones is 1. The van der Waals surface area contributed by atoms with Gasteiger partial charge in [0.1, 0.15) is 12.1 Å². The van der Waals surface area contributed by atoms with E-state index in [0.29, 0.717) is 39.0 Å². The molecule has 2 saturated heterocycles. The lowest BCUT2D eigenvalue weighted by atomic mass is 9.84. The second-order valence-corrected chi connectivity index (χ2v) is 16.8. The highest BCUT2D eigenvalue weighted by atomic mass is 16.2. The predicted molar refractivity (Wildman–Crippen MR) is 188 cm³/mol. The Morgan fingerprint density at radius 1 is 1.00 bits per heavy atom. The molecule has 0 radical (unpaired) electrons. The smallest absolute Gasteiger partial charge is 0.319 e. The summed E-state index contributed by atoms with van der Waals surface area (Å²) in [4.78, 5) is 85.5. The van der Waals surface area contributed by atoms with Gasteiger partial charge in [-0.3, -0.25) is 19.2 Å². The average Bonchev–Trinajstić information content (AvgIpc) is 3.32. The van der Waals surface area contributed by atoms with E-state index in [9.17, 15) is 28.8 Å². The molecule has 7 amide bonds. The van der Waals surface area contributed by atoms with Gasteiger partial charge in [0.2, 0.25) is 17.6 Å². The molecule has 1 aliphatic carbocycles. The van der Waals surface area contributed by atoms with Crippen molar-refractivity contribution in [1.82, 2.24) is 36.0 Å². The van der Waals surface area contributed by atoms with Crippen molar-refractivity contribution in [3.05, 3.63) is 12.7 Å². The van der Waals surface area contributed by atoms with E-state index in [1.165, 1.54) is 6.08 Å². The van der Waals surface area contributed by atoms with Crippen molar-refractivity contribution < 1.29 is 28.8 Å². The molecular weight excluding hydrogens is 626 g/mol. The Morgan fingerprint density at radius 3 is 2.22 bits per heavy atom. The maximum absolute atomic E-state index is 14.4. The van der Waals surface area contributed by atoms with Gasteiger partial charge in [-0.05, 0) is 40.9 Å². The lowest BCUT2D eigenvalue weighted by Gasteiger charge is -2.41. The molecule has 6 atom stereocenters. The predicted octanol–water partition coefficient (Wildman–Crippen LogP) is 2.90. The summed E-state index contributed by atoms with van der Waals surface area (Å²) in [6.45, 7) is 23.3. The Bertz CT molecular complexity index is 1290.